The van der Waals surface area contributed by atoms with E-state index >= 15 is 0 Å². The van der Waals surface area contributed by atoms with Crippen LogP contribution in [0.2, 0.25) is 0 Å². The minimum absolute atomic E-state index is 0.512. The lowest BCUT2D eigenvalue weighted by atomic mass is 9.67. The van der Waals surface area contributed by atoms with Crippen LogP contribution in [0.5, 0.6) is 0 Å². The molecule has 3 unspecified atom stereocenters. The fourth-order valence-corrected chi connectivity index (χ4v) is 3.89. The van der Waals surface area contributed by atoms with E-state index in [2.05, 4.69) is 10.1 Å². The second-order valence-electron chi connectivity index (χ2n) is 6.26. The largest absolute Gasteiger partial charge is 0.339 e. The molecule has 0 aliphatic heterocycles. The molecule has 0 spiro atoms. The van der Waals surface area contributed by atoms with Gasteiger partial charge in [0.15, 0.2) is 5.82 Å². The van der Waals surface area contributed by atoms with Gasteiger partial charge in [-0.25, -0.2) is 0 Å². The average Bonchev–Trinajstić information content (AvgIpc) is 2.93. The van der Waals surface area contributed by atoms with Gasteiger partial charge in [-0.3, -0.25) is 0 Å². The highest BCUT2D eigenvalue weighted by molar-refractivity contribution is 4.99. The molecule has 2 saturated carbocycles. The molecule has 4 heteroatoms. The molecule has 19 heavy (non-hydrogen) atoms. The first-order valence-corrected chi connectivity index (χ1v) is 7.89. The van der Waals surface area contributed by atoms with Crippen LogP contribution < -0.4 is 5.73 Å². The maximum atomic E-state index is 5.51. The standard InChI is InChI=1S/C15H25N3O/c16-9-3-6-14-17-15(19-18-14)13-8-7-11-4-1-2-5-12(11)10-13/h11-13H,1-10,16H2. The number of nitrogens with two attached hydrogens (primary N) is 1. The van der Waals surface area contributed by atoms with Gasteiger partial charge in [-0.2, -0.15) is 4.98 Å². The molecule has 0 aromatic carbocycles. The molecule has 1 heterocycles. The Hall–Kier alpha value is -0.900. The molecule has 3 rings (SSSR count). The fourth-order valence-electron chi connectivity index (χ4n) is 3.89. The number of nitrogens with zero attached hydrogens (tertiary/aromatic N) is 2. The number of aromatic nitrogens is 2. The Morgan fingerprint density at radius 1 is 1.11 bits per heavy atom. The van der Waals surface area contributed by atoms with Gasteiger partial charge in [-0.15, -0.1) is 0 Å². The number of hydrogen-bond donors (Lipinski definition) is 1. The normalized spacial score (nSPS) is 31.1. The van der Waals surface area contributed by atoms with E-state index in [-0.39, 0.29) is 0 Å². The van der Waals surface area contributed by atoms with Crippen LogP contribution >= 0.6 is 0 Å². The topological polar surface area (TPSA) is 64.9 Å². The maximum absolute atomic E-state index is 5.51. The first-order chi connectivity index (χ1) is 9.36. The molecule has 0 saturated heterocycles. The van der Waals surface area contributed by atoms with Crippen molar-refractivity contribution in [2.45, 2.75) is 63.7 Å². The van der Waals surface area contributed by atoms with Gasteiger partial charge in [0.2, 0.25) is 5.89 Å². The maximum Gasteiger partial charge on any atom is 0.229 e. The Morgan fingerprint density at radius 3 is 2.79 bits per heavy atom. The van der Waals surface area contributed by atoms with E-state index in [1.54, 1.807) is 0 Å². The second kappa shape index (κ2) is 6.04. The molecule has 2 N–H and O–H groups in total. The molecular weight excluding hydrogens is 238 g/mol. The Bertz CT molecular complexity index is 404. The van der Waals surface area contributed by atoms with Crippen LogP contribution in [-0.4, -0.2) is 16.7 Å². The van der Waals surface area contributed by atoms with Crippen LogP contribution in [-0.2, 0) is 6.42 Å². The monoisotopic (exact) mass is 263 g/mol. The summed E-state index contributed by atoms with van der Waals surface area (Å²) in [5, 5.41) is 4.09. The summed E-state index contributed by atoms with van der Waals surface area (Å²) in [5.41, 5.74) is 5.51. The molecule has 1 aromatic heterocycles. The second-order valence-corrected chi connectivity index (χ2v) is 6.26. The van der Waals surface area contributed by atoms with Crippen LogP contribution in [0, 0.1) is 11.8 Å². The summed E-state index contributed by atoms with van der Waals surface area (Å²) in [4.78, 5) is 4.58. The van der Waals surface area contributed by atoms with E-state index < -0.39 is 0 Å². The highest BCUT2D eigenvalue weighted by Crippen LogP contribution is 2.45. The molecule has 1 aromatic rings. The van der Waals surface area contributed by atoms with Crippen molar-refractivity contribution in [3.05, 3.63) is 11.7 Å². The van der Waals surface area contributed by atoms with Gasteiger partial charge in [0.05, 0.1) is 0 Å². The van der Waals surface area contributed by atoms with Crippen LogP contribution in [0.3, 0.4) is 0 Å². The van der Waals surface area contributed by atoms with Crippen molar-refractivity contribution in [3.8, 4) is 0 Å². The number of fused-ring (bicyclic) bond motifs is 1. The quantitative estimate of drug-likeness (QED) is 0.906. The Balaban J connectivity index is 1.61. The van der Waals surface area contributed by atoms with Gasteiger partial charge < -0.3 is 10.3 Å². The van der Waals surface area contributed by atoms with Gasteiger partial charge in [0.1, 0.15) is 0 Å². The zero-order valence-corrected chi connectivity index (χ0v) is 11.7. The van der Waals surface area contributed by atoms with Crippen molar-refractivity contribution < 1.29 is 4.52 Å². The summed E-state index contributed by atoms with van der Waals surface area (Å²) in [6.07, 6.45) is 11.4. The Labute approximate surface area is 115 Å². The van der Waals surface area contributed by atoms with Gasteiger partial charge >= 0.3 is 0 Å². The predicted octanol–water partition coefficient (Wildman–Crippen LogP) is 3.03. The highest BCUT2D eigenvalue weighted by Gasteiger charge is 2.34. The Morgan fingerprint density at radius 2 is 1.95 bits per heavy atom. The zero-order valence-electron chi connectivity index (χ0n) is 11.7. The predicted molar refractivity (Wildman–Crippen MR) is 73.7 cm³/mol. The van der Waals surface area contributed by atoms with Gasteiger partial charge in [-0.1, -0.05) is 30.8 Å². The van der Waals surface area contributed by atoms with Gasteiger partial charge in [0, 0.05) is 12.3 Å². The lowest BCUT2D eigenvalue weighted by Crippen LogP contribution is -2.27. The van der Waals surface area contributed by atoms with Gasteiger partial charge in [-0.05, 0) is 44.1 Å². The summed E-state index contributed by atoms with van der Waals surface area (Å²) >= 11 is 0. The molecule has 2 aliphatic rings. The van der Waals surface area contributed by atoms with Crippen molar-refractivity contribution in [2.75, 3.05) is 6.54 Å². The summed E-state index contributed by atoms with van der Waals surface area (Å²) in [7, 11) is 0. The van der Waals surface area contributed by atoms with E-state index in [9.17, 15) is 0 Å². The van der Waals surface area contributed by atoms with Crippen LogP contribution in [0.15, 0.2) is 4.52 Å². The molecule has 4 nitrogen and oxygen atoms in total. The zero-order chi connectivity index (χ0) is 13.1. The van der Waals surface area contributed by atoms with Crippen molar-refractivity contribution >= 4 is 0 Å². The number of rotatable bonds is 4. The van der Waals surface area contributed by atoms with Crippen LogP contribution in [0.4, 0.5) is 0 Å². The third-order valence-electron chi connectivity index (χ3n) is 4.98. The van der Waals surface area contributed by atoms with E-state index in [1.165, 1.54) is 44.9 Å². The number of aryl methyl sites for hydroxylation is 1. The van der Waals surface area contributed by atoms with E-state index in [4.69, 9.17) is 10.3 Å². The van der Waals surface area contributed by atoms with Crippen molar-refractivity contribution in [1.29, 1.82) is 0 Å². The first kappa shape index (κ1) is 13.1. The molecule has 2 aliphatic carbocycles. The van der Waals surface area contributed by atoms with E-state index in [1.807, 2.05) is 0 Å². The molecule has 0 amide bonds. The summed E-state index contributed by atoms with van der Waals surface area (Å²) in [6.45, 7) is 0.692. The molecule has 3 atom stereocenters. The fraction of sp³-hybridized carbons (Fsp3) is 0.867. The lowest BCUT2D eigenvalue weighted by molar-refractivity contribution is 0.142. The van der Waals surface area contributed by atoms with Gasteiger partial charge in [0.25, 0.3) is 0 Å². The minimum Gasteiger partial charge on any atom is -0.339 e. The Kier molecular flexibility index (Phi) is 4.16. The summed E-state index contributed by atoms with van der Waals surface area (Å²) in [6, 6.07) is 0. The molecule has 106 valence electrons. The molecule has 0 bridgehead atoms. The lowest BCUT2D eigenvalue weighted by Gasteiger charge is -2.38. The first-order valence-electron chi connectivity index (χ1n) is 7.89. The minimum atomic E-state index is 0.512. The average molecular weight is 263 g/mol. The smallest absolute Gasteiger partial charge is 0.229 e. The van der Waals surface area contributed by atoms with Crippen LogP contribution in [0.25, 0.3) is 0 Å². The van der Waals surface area contributed by atoms with E-state index in [0.29, 0.717) is 12.5 Å². The van der Waals surface area contributed by atoms with E-state index in [0.717, 1.165) is 36.4 Å². The summed E-state index contributed by atoms with van der Waals surface area (Å²) in [5.74, 6) is 4.12. The summed E-state index contributed by atoms with van der Waals surface area (Å²) < 4.78 is 5.48. The highest BCUT2D eigenvalue weighted by atomic mass is 16.5. The van der Waals surface area contributed by atoms with Crippen molar-refractivity contribution in [2.24, 2.45) is 17.6 Å². The van der Waals surface area contributed by atoms with Crippen molar-refractivity contribution in [3.63, 3.8) is 0 Å². The molecule has 0 radical (unpaired) electrons. The molecular formula is C15H25N3O. The SMILES string of the molecule is NCCCc1noc(C2CCC3CCCCC3C2)n1. The van der Waals surface area contributed by atoms with Crippen molar-refractivity contribution in [1.82, 2.24) is 10.1 Å². The third-order valence-corrected chi connectivity index (χ3v) is 4.98. The number of hydrogen-bond acceptors (Lipinski definition) is 4. The van der Waals surface area contributed by atoms with Crippen LogP contribution in [0.1, 0.15) is 69.0 Å². The third kappa shape index (κ3) is 2.99. The molecule has 2 fully saturated rings.